The van der Waals surface area contributed by atoms with E-state index in [2.05, 4.69) is 15.9 Å². The molecule has 1 aromatic carbocycles. The Kier molecular flexibility index (Phi) is 3.96. The molecule has 15 heavy (non-hydrogen) atoms. The number of carbonyl (C=O) groups is 2. The molecule has 0 unspecified atom stereocenters. The van der Waals surface area contributed by atoms with Gasteiger partial charge in [-0.1, -0.05) is 0 Å². The summed E-state index contributed by atoms with van der Waals surface area (Å²) in [6.45, 7) is 1.88. The highest BCUT2D eigenvalue weighted by Crippen LogP contribution is 2.21. The topological polar surface area (TPSA) is 43.4 Å². The fourth-order valence-corrected chi connectivity index (χ4v) is 1.50. The van der Waals surface area contributed by atoms with E-state index in [4.69, 9.17) is 4.74 Å². The summed E-state index contributed by atoms with van der Waals surface area (Å²) in [6.07, 6.45) is 0.352. The van der Waals surface area contributed by atoms with Gasteiger partial charge in [-0.05, 0) is 35.0 Å². The summed E-state index contributed by atoms with van der Waals surface area (Å²) >= 11 is 3.02. The summed E-state index contributed by atoms with van der Waals surface area (Å²) < 4.78 is 18.1. The zero-order valence-electron chi connectivity index (χ0n) is 7.92. The lowest BCUT2D eigenvalue weighted by Gasteiger charge is -2.05. The van der Waals surface area contributed by atoms with E-state index >= 15 is 0 Å². The lowest BCUT2D eigenvalue weighted by Crippen LogP contribution is -2.07. The molecule has 0 spiro atoms. The van der Waals surface area contributed by atoms with E-state index in [1.54, 1.807) is 6.92 Å². The molecule has 0 amide bonds. The standard InChI is InChI=1S/C10H8BrFO3/c1-2-15-10(14)7-3-6(5-13)9(12)4-8(7)11/h3-5H,2H2,1H3. The van der Waals surface area contributed by atoms with Gasteiger partial charge in [0.1, 0.15) is 5.82 Å². The first kappa shape index (κ1) is 11.8. The Morgan fingerprint density at radius 3 is 2.80 bits per heavy atom. The first-order chi connectivity index (χ1) is 7.10. The number of hydrogen-bond acceptors (Lipinski definition) is 3. The number of ether oxygens (including phenoxy) is 1. The van der Waals surface area contributed by atoms with Crippen LogP contribution < -0.4 is 0 Å². The number of aldehydes is 1. The minimum Gasteiger partial charge on any atom is -0.462 e. The van der Waals surface area contributed by atoms with Gasteiger partial charge in [0, 0.05) is 4.47 Å². The Balaban J connectivity index is 3.18. The van der Waals surface area contributed by atoms with Crippen LogP contribution in [-0.2, 0) is 4.74 Å². The molecule has 0 atom stereocenters. The van der Waals surface area contributed by atoms with Crippen molar-refractivity contribution in [3.8, 4) is 0 Å². The molecule has 0 aromatic heterocycles. The molecule has 1 rings (SSSR count). The molecule has 0 radical (unpaired) electrons. The van der Waals surface area contributed by atoms with Crippen molar-refractivity contribution in [2.75, 3.05) is 6.61 Å². The first-order valence-electron chi connectivity index (χ1n) is 4.21. The molecule has 80 valence electrons. The summed E-state index contributed by atoms with van der Waals surface area (Å²) in [5, 5.41) is 0. The quantitative estimate of drug-likeness (QED) is 0.629. The zero-order valence-corrected chi connectivity index (χ0v) is 9.51. The average Bonchev–Trinajstić information content (AvgIpc) is 2.18. The van der Waals surface area contributed by atoms with Gasteiger partial charge in [0.2, 0.25) is 0 Å². The van der Waals surface area contributed by atoms with Gasteiger partial charge in [0.15, 0.2) is 6.29 Å². The van der Waals surface area contributed by atoms with Crippen LogP contribution in [-0.4, -0.2) is 18.9 Å². The van der Waals surface area contributed by atoms with Gasteiger partial charge in [-0.15, -0.1) is 0 Å². The maximum absolute atomic E-state index is 13.1. The van der Waals surface area contributed by atoms with Crippen molar-refractivity contribution < 1.29 is 18.7 Å². The number of carbonyl (C=O) groups excluding carboxylic acids is 2. The third kappa shape index (κ3) is 2.62. The van der Waals surface area contributed by atoms with Crippen LogP contribution in [0, 0.1) is 5.82 Å². The molecule has 0 bridgehead atoms. The molecular formula is C10H8BrFO3. The smallest absolute Gasteiger partial charge is 0.339 e. The highest BCUT2D eigenvalue weighted by Gasteiger charge is 2.14. The molecule has 0 heterocycles. The van der Waals surface area contributed by atoms with E-state index in [-0.39, 0.29) is 22.2 Å². The van der Waals surface area contributed by atoms with E-state index in [0.29, 0.717) is 6.29 Å². The van der Waals surface area contributed by atoms with Crippen molar-refractivity contribution in [1.29, 1.82) is 0 Å². The predicted octanol–water partition coefficient (Wildman–Crippen LogP) is 2.58. The minimum atomic E-state index is -0.676. The normalized spacial score (nSPS) is 9.80. The van der Waals surface area contributed by atoms with Crippen LogP contribution >= 0.6 is 15.9 Å². The second-order valence-electron chi connectivity index (χ2n) is 2.69. The number of hydrogen-bond donors (Lipinski definition) is 0. The molecule has 1 aromatic rings. The fraction of sp³-hybridized carbons (Fsp3) is 0.200. The van der Waals surface area contributed by atoms with E-state index in [1.165, 1.54) is 0 Å². The molecule has 0 saturated heterocycles. The monoisotopic (exact) mass is 274 g/mol. The maximum Gasteiger partial charge on any atom is 0.339 e. The third-order valence-electron chi connectivity index (χ3n) is 1.71. The largest absolute Gasteiger partial charge is 0.462 e. The zero-order chi connectivity index (χ0) is 11.4. The summed E-state index contributed by atoms with van der Waals surface area (Å²) in [4.78, 5) is 21.8. The van der Waals surface area contributed by atoms with E-state index < -0.39 is 11.8 Å². The molecular weight excluding hydrogens is 267 g/mol. The average molecular weight is 275 g/mol. The van der Waals surface area contributed by atoms with Gasteiger partial charge in [-0.3, -0.25) is 4.79 Å². The number of halogens is 2. The van der Waals surface area contributed by atoms with Crippen molar-refractivity contribution >= 4 is 28.2 Å². The summed E-state index contributed by atoms with van der Waals surface area (Å²) in [5.41, 5.74) is -0.0263. The number of rotatable bonds is 3. The van der Waals surface area contributed by atoms with Gasteiger partial charge < -0.3 is 4.74 Å². The van der Waals surface area contributed by atoms with Crippen molar-refractivity contribution in [2.24, 2.45) is 0 Å². The van der Waals surface area contributed by atoms with Gasteiger partial charge in [0.05, 0.1) is 17.7 Å². The van der Waals surface area contributed by atoms with Crippen molar-refractivity contribution in [3.63, 3.8) is 0 Å². The van der Waals surface area contributed by atoms with E-state index in [9.17, 15) is 14.0 Å². The Labute approximate surface area is 94.4 Å². The molecule has 0 aliphatic heterocycles. The Morgan fingerprint density at radius 2 is 2.27 bits per heavy atom. The second-order valence-corrected chi connectivity index (χ2v) is 3.55. The summed E-state index contributed by atoms with van der Waals surface area (Å²) in [6, 6.07) is 2.22. The highest BCUT2D eigenvalue weighted by atomic mass is 79.9. The molecule has 0 aliphatic rings. The molecule has 0 fully saturated rings. The van der Waals surface area contributed by atoms with Crippen molar-refractivity contribution in [3.05, 3.63) is 33.5 Å². The van der Waals surface area contributed by atoms with Crippen molar-refractivity contribution in [1.82, 2.24) is 0 Å². The van der Waals surface area contributed by atoms with Gasteiger partial charge in [-0.25, -0.2) is 9.18 Å². The molecule has 0 aliphatic carbocycles. The maximum atomic E-state index is 13.1. The Hall–Kier alpha value is -1.23. The highest BCUT2D eigenvalue weighted by molar-refractivity contribution is 9.10. The second kappa shape index (κ2) is 5.02. The molecule has 0 saturated carbocycles. The predicted molar refractivity (Wildman–Crippen MR) is 55.4 cm³/mol. The van der Waals surface area contributed by atoms with Gasteiger partial charge >= 0.3 is 5.97 Å². The van der Waals surface area contributed by atoms with Crippen LogP contribution in [0.4, 0.5) is 4.39 Å². The molecule has 0 N–H and O–H groups in total. The van der Waals surface area contributed by atoms with Crippen LogP contribution in [0.25, 0.3) is 0 Å². The van der Waals surface area contributed by atoms with E-state index in [1.807, 2.05) is 0 Å². The minimum absolute atomic E-state index is 0.139. The lowest BCUT2D eigenvalue weighted by molar-refractivity contribution is 0.0525. The van der Waals surface area contributed by atoms with Gasteiger partial charge in [0.25, 0.3) is 0 Å². The fourth-order valence-electron chi connectivity index (χ4n) is 1.02. The van der Waals surface area contributed by atoms with Crippen LogP contribution in [0.2, 0.25) is 0 Å². The summed E-state index contributed by atoms with van der Waals surface area (Å²) in [5.74, 6) is -1.27. The van der Waals surface area contributed by atoms with Crippen LogP contribution in [0.15, 0.2) is 16.6 Å². The molecule has 5 heteroatoms. The Morgan fingerprint density at radius 1 is 1.60 bits per heavy atom. The van der Waals surface area contributed by atoms with Gasteiger partial charge in [-0.2, -0.15) is 0 Å². The first-order valence-corrected chi connectivity index (χ1v) is 5.00. The lowest BCUT2D eigenvalue weighted by atomic mass is 10.1. The van der Waals surface area contributed by atoms with Crippen LogP contribution in [0.3, 0.4) is 0 Å². The van der Waals surface area contributed by atoms with Crippen LogP contribution in [0.1, 0.15) is 27.6 Å². The summed E-state index contributed by atoms with van der Waals surface area (Å²) in [7, 11) is 0. The van der Waals surface area contributed by atoms with E-state index in [0.717, 1.165) is 12.1 Å². The number of esters is 1. The SMILES string of the molecule is CCOC(=O)c1cc(C=O)c(F)cc1Br. The van der Waals surface area contributed by atoms with Crippen molar-refractivity contribution in [2.45, 2.75) is 6.92 Å². The Bertz CT molecular complexity index is 404. The van der Waals surface area contributed by atoms with Crippen LogP contribution in [0.5, 0.6) is 0 Å². The number of benzene rings is 1. The molecule has 3 nitrogen and oxygen atoms in total. The third-order valence-corrected chi connectivity index (χ3v) is 2.36.